The first-order valence-electron chi connectivity index (χ1n) is 11.4. The molecule has 3 rings (SSSR count). The van der Waals surface area contributed by atoms with Crippen LogP contribution in [0.1, 0.15) is 44.0 Å². The number of nitrogens with zero attached hydrogens (tertiary/aromatic N) is 1. The molecule has 1 atom stereocenters. The maximum absolute atomic E-state index is 12.9. The lowest BCUT2D eigenvalue weighted by Gasteiger charge is -2.31. The van der Waals surface area contributed by atoms with Crippen molar-refractivity contribution in [3.8, 4) is 0 Å². The fraction of sp³-hybridized carbons (Fsp3) is 0.440. The number of nitrogens with one attached hydrogen (secondary N) is 2. The molecule has 1 fully saturated rings. The maximum atomic E-state index is 12.9. The predicted molar refractivity (Wildman–Crippen MR) is 130 cm³/mol. The quantitative estimate of drug-likeness (QED) is 0.546. The van der Waals surface area contributed by atoms with Gasteiger partial charge in [0.15, 0.2) is 5.78 Å². The summed E-state index contributed by atoms with van der Waals surface area (Å²) in [4.78, 5) is 24.4. The zero-order valence-corrected chi connectivity index (χ0v) is 20.3. The number of benzene rings is 2. The van der Waals surface area contributed by atoms with Gasteiger partial charge in [0, 0.05) is 42.8 Å². The lowest BCUT2D eigenvalue weighted by atomic mass is 9.96. The van der Waals surface area contributed by atoms with E-state index in [1.807, 2.05) is 30.3 Å². The Hall–Kier alpha value is -2.71. The zero-order chi connectivity index (χ0) is 24.0. The smallest absolute Gasteiger partial charge is 0.243 e. The summed E-state index contributed by atoms with van der Waals surface area (Å²) >= 11 is 0. The van der Waals surface area contributed by atoms with Crippen LogP contribution < -0.4 is 10.6 Å². The summed E-state index contributed by atoms with van der Waals surface area (Å²) in [6.07, 6.45) is 0.962. The van der Waals surface area contributed by atoms with Gasteiger partial charge in [0.05, 0.1) is 4.90 Å². The monoisotopic (exact) mass is 471 g/mol. The van der Waals surface area contributed by atoms with Gasteiger partial charge < -0.3 is 10.6 Å². The summed E-state index contributed by atoms with van der Waals surface area (Å²) in [6, 6.07) is 16.0. The summed E-state index contributed by atoms with van der Waals surface area (Å²) in [5.74, 6) is -0.0178. The van der Waals surface area contributed by atoms with Gasteiger partial charge in [0.2, 0.25) is 15.9 Å². The van der Waals surface area contributed by atoms with E-state index in [-0.39, 0.29) is 28.5 Å². The first-order valence-corrected chi connectivity index (χ1v) is 12.8. The summed E-state index contributed by atoms with van der Waals surface area (Å²) in [7, 11) is -3.64. The van der Waals surface area contributed by atoms with E-state index >= 15 is 0 Å². The molecule has 1 aliphatic heterocycles. The number of rotatable bonds is 9. The number of sulfonamides is 1. The minimum absolute atomic E-state index is 0.0293. The van der Waals surface area contributed by atoms with Crippen molar-refractivity contribution >= 4 is 27.4 Å². The van der Waals surface area contributed by atoms with E-state index in [2.05, 4.69) is 24.5 Å². The molecule has 1 heterocycles. The molecular formula is C25H33N3O4S. The van der Waals surface area contributed by atoms with Crippen LogP contribution in [0.25, 0.3) is 0 Å². The van der Waals surface area contributed by atoms with Crippen molar-refractivity contribution in [3.05, 3.63) is 60.2 Å². The van der Waals surface area contributed by atoms with E-state index in [9.17, 15) is 18.0 Å². The van der Waals surface area contributed by atoms with Crippen molar-refractivity contribution in [1.82, 2.24) is 9.62 Å². The molecule has 1 aliphatic rings. The molecule has 0 aliphatic carbocycles. The van der Waals surface area contributed by atoms with Crippen LogP contribution in [-0.2, 0) is 14.8 Å². The van der Waals surface area contributed by atoms with E-state index in [0.717, 1.165) is 5.69 Å². The van der Waals surface area contributed by atoms with Crippen molar-refractivity contribution in [3.63, 3.8) is 0 Å². The van der Waals surface area contributed by atoms with Crippen molar-refractivity contribution < 1.29 is 18.0 Å². The average molecular weight is 472 g/mol. The number of ketones is 1. The Morgan fingerprint density at radius 3 is 2.15 bits per heavy atom. The number of hydrogen-bond acceptors (Lipinski definition) is 5. The molecular weight excluding hydrogens is 438 g/mol. The second-order valence-electron chi connectivity index (χ2n) is 8.86. The van der Waals surface area contributed by atoms with Crippen molar-refractivity contribution in [2.75, 3.05) is 25.0 Å². The highest BCUT2D eigenvalue weighted by Crippen LogP contribution is 2.24. The third-order valence-electron chi connectivity index (χ3n) is 6.15. The van der Waals surface area contributed by atoms with Crippen LogP contribution in [0.4, 0.5) is 5.69 Å². The third-order valence-corrected chi connectivity index (χ3v) is 8.06. The lowest BCUT2D eigenvalue weighted by molar-refractivity contribution is -0.126. The fourth-order valence-corrected chi connectivity index (χ4v) is 5.40. The Kier molecular flexibility index (Phi) is 8.26. The molecule has 1 unspecified atom stereocenters. The van der Waals surface area contributed by atoms with Gasteiger partial charge in [-0.25, -0.2) is 8.42 Å². The highest BCUT2D eigenvalue weighted by molar-refractivity contribution is 7.89. The summed E-state index contributed by atoms with van der Waals surface area (Å²) in [5, 5.41) is 6.52. The molecule has 8 heteroatoms. The molecule has 0 bridgehead atoms. The van der Waals surface area contributed by atoms with Crippen molar-refractivity contribution in [2.45, 2.75) is 44.6 Å². The van der Waals surface area contributed by atoms with E-state index in [0.29, 0.717) is 44.0 Å². The minimum Gasteiger partial charge on any atom is -0.380 e. The largest absolute Gasteiger partial charge is 0.380 e. The van der Waals surface area contributed by atoms with Crippen LogP contribution in [-0.4, -0.2) is 50.1 Å². The molecule has 2 aromatic rings. The first-order chi connectivity index (χ1) is 15.7. The number of anilines is 1. The Labute approximate surface area is 196 Å². The minimum atomic E-state index is -3.64. The molecule has 178 valence electrons. The van der Waals surface area contributed by atoms with Gasteiger partial charge in [0.25, 0.3) is 0 Å². The summed E-state index contributed by atoms with van der Waals surface area (Å²) < 4.78 is 27.3. The molecule has 0 spiro atoms. The van der Waals surface area contributed by atoms with Gasteiger partial charge in [0.1, 0.15) is 0 Å². The molecule has 0 aromatic heterocycles. The van der Waals surface area contributed by atoms with Crippen LogP contribution in [0.5, 0.6) is 0 Å². The molecule has 1 amide bonds. The molecule has 0 radical (unpaired) electrons. The maximum Gasteiger partial charge on any atom is 0.243 e. The molecule has 33 heavy (non-hydrogen) atoms. The van der Waals surface area contributed by atoms with Crippen LogP contribution in [0, 0.1) is 11.8 Å². The first kappa shape index (κ1) is 24.9. The van der Waals surface area contributed by atoms with Crippen LogP contribution >= 0.6 is 0 Å². The Morgan fingerprint density at radius 2 is 1.61 bits per heavy atom. The normalized spacial score (nSPS) is 16.4. The second kappa shape index (κ2) is 10.9. The number of piperidine rings is 1. The lowest BCUT2D eigenvalue weighted by Crippen LogP contribution is -2.46. The SMILES string of the molecule is CC(=O)c1ccc(S(=O)(=O)N2CCC(C(=O)NCC(Nc3ccccc3)C(C)C)CC2)cc1. The standard InChI is InChI=1S/C25H33N3O4S/c1-18(2)24(27-22-7-5-4-6-8-22)17-26-25(30)21-13-15-28(16-14-21)33(31,32)23-11-9-20(10-12-23)19(3)29/h4-12,18,21,24,27H,13-17H2,1-3H3,(H,26,30). The Bertz CT molecular complexity index is 1040. The van der Waals surface area contributed by atoms with Gasteiger partial charge in [-0.05, 0) is 49.9 Å². The van der Waals surface area contributed by atoms with E-state index in [1.54, 1.807) is 0 Å². The number of para-hydroxylation sites is 1. The van der Waals surface area contributed by atoms with Crippen molar-refractivity contribution in [1.29, 1.82) is 0 Å². The van der Waals surface area contributed by atoms with Gasteiger partial charge in [-0.15, -0.1) is 0 Å². The molecule has 7 nitrogen and oxygen atoms in total. The zero-order valence-electron chi connectivity index (χ0n) is 19.5. The highest BCUT2D eigenvalue weighted by Gasteiger charge is 2.32. The van der Waals surface area contributed by atoms with Crippen LogP contribution in [0.3, 0.4) is 0 Å². The van der Waals surface area contributed by atoms with Gasteiger partial charge in [-0.2, -0.15) is 4.31 Å². The van der Waals surface area contributed by atoms with Gasteiger partial charge >= 0.3 is 0 Å². The highest BCUT2D eigenvalue weighted by atomic mass is 32.2. The van der Waals surface area contributed by atoms with Crippen LogP contribution in [0.2, 0.25) is 0 Å². The third kappa shape index (κ3) is 6.42. The number of hydrogen-bond donors (Lipinski definition) is 2. The predicted octanol–water partition coefficient (Wildman–Crippen LogP) is 3.54. The Balaban J connectivity index is 1.53. The average Bonchev–Trinajstić information content (AvgIpc) is 2.82. The number of carbonyl (C=O) groups is 2. The van der Waals surface area contributed by atoms with Gasteiger partial charge in [-0.3, -0.25) is 9.59 Å². The fourth-order valence-electron chi connectivity index (χ4n) is 3.93. The number of Topliss-reactive ketones (excluding diaryl/α,β-unsaturated/α-hetero) is 1. The van der Waals surface area contributed by atoms with Crippen LogP contribution in [0.15, 0.2) is 59.5 Å². The molecule has 2 N–H and O–H groups in total. The van der Waals surface area contributed by atoms with E-state index in [4.69, 9.17) is 0 Å². The topological polar surface area (TPSA) is 95.6 Å². The Morgan fingerprint density at radius 1 is 1.00 bits per heavy atom. The van der Waals surface area contributed by atoms with Crippen molar-refractivity contribution in [2.24, 2.45) is 11.8 Å². The summed E-state index contributed by atoms with van der Waals surface area (Å²) in [6.45, 7) is 6.76. The van der Waals surface area contributed by atoms with E-state index < -0.39 is 10.0 Å². The van der Waals surface area contributed by atoms with E-state index in [1.165, 1.54) is 35.5 Å². The van der Waals surface area contributed by atoms with Gasteiger partial charge in [-0.1, -0.05) is 44.2 Å². The molecule has 1 saturated heterocycles. The molecule has 2 aromatic carbocycles. The summed E-state index contributed by atoms with van der Waals surface area (Å²) in [5.41, 5.74) is 1.49. The second-order valence-corrected chi connectivity index (χ2v) is 10.8. The number of amides is 1. The number of carbonyl (C=O) groups excluding carboxylic acids is 2. The molecule has 0 saturated carbocycles.